The van der Waals surface area contributed by atoms with Crippen LogP contribution in [-0.2, 0) is 0 Å². The standard InChI is InChI=1S/C21H29N7/c1-16-14-20(26-25-16)23-19-15-21(28-12-10-27(2)11-13-28)24-18(22-19)9-8-17-6-4-3-5-7-17/h3-9,15-16,20,25-26H,10-14H2,1-2H3,(H,22,23,24). The Hall–Kier alpha value is -2.48. The lowest BCUT2D eigenvalue weighted by atomic mass is 10.2. The van der Waals surface area contributed by atoms with Crippen LogP contribution in [0.25, 0.3) is 12.2 Å². The van der Waals surface area contributed by atoms with Crippen LogP contribution in [0, 0.1) is 0 Å². The van der Waals surface area contributed by atoms with Crippen molar-refractivity contribution in [1.82, 2.24) is 25.7 Å². The van der Waals surface area contributed by atoms with Crippen LogP contribution in [0.5, 0.6) is 0 Å². The van der Waals surface area contributed by atoms with Gasteiger partial charge in [0.2, 0.25) is 0 Å². The first kappa shape index (κ1) is 18.9. The minimum Gasteiger partial charge on any atom is -0.354 e. The van der Waals surface area contributed by atoms with E-state index in [1.54, 1.807) is 0 Å². The van der Waals surface area contributed by atoms with Gasteiger partial charge in [-0.25, -0.2) is 15.4 Å². The van der Waals surface area contributed by atoms with E-state index in [1.807, 2.05) is 24.3 Å². The molecule has 7 nitrogen and oxygen atoms in total. The zero-order valence-corrected chi connectivity index (χ0v) is 16.6. The number of hydrogen-bond donors (Lipinski definition) is 3. The molecule has 2 unspecified atom stereocenters. The highest BCUT2D eigenvalue weighted by Gasteiger charge is 2.21. The zero-order chi connectivity index (χ0) is 19.3. The van der Waals surface area contributed by atoms with Crippen molar-refractivity contribution in [1.29, 1.82) is 0 Å². The van der Waals surface area contributed by atoms with E-state index in [0.29, 0.717) is 6.04 Å². The highest BCUT2D eigenvalue weighted by Crippen LogP contribution is 2.20. The molecule has 2 atom stereocenters. The summed E-state index contributed by atoms with van der Waals surface area (Å²) in [4.78, 5) is 14.2. The average molecular weight is 380 g/mol. The van der Waals surface area contributed by atoms with Crippen molar-refractivity contribution in [2.24, 2.45) is 0 Å². The van der Waals surface area contributed by atoms with Crippen LogP contribution in [0.15, 0.2) is 36.4 Å². The fourth-order valence-corrected chi connectivity index (χ4v) is 3.52. The van der Waals surface area contributed by atoms with Gasteiger partial charge in [0.15, 0.2) is 5.82 Å². The number of nitrogens with zero attached hydrogens (tertiary/aromatic N) is 4. The number of aromatic nitrogens is 2. The third kappa shape index (κ3) is 4.86. The van der Waals surface area contributed by atoms with E-state index in [-0.39, 0.29) is 6.17 Å². The Balaban J connectivity index is 1.57. The predicted octanol–water partition coefficient (Wildman–Crippen LogP) is 2.02. The lowest BCUT2D eigenvalue weighted by Gasteiger charge is -2.33. The van der Waals surface area contributed by atoms with Gasteiger partial charge in [-0.3, -0.25) is 5.43 Å². The Kier molecular flexibility index (Phi) is 5.85. The molecular weight excluding hydrogens is 350 g/mol. The minimum atomic E-state index is 0.163. The molecule has 2 saturated heterocycles. The maximum atomic E-state index is 4.82. The fourth-order valence-electron chi connectivity index (χ4n) is 3.52. The first-order valence-electron chi connectivity index (χ1n) is 9.99. The number of hydrogen-bond acceptors (Lipinski definition) is 7. The molecule has 0 amide bonds. The normalized spacial score (nSPS) is 23.4. The Labute approximate surface area is 166 Å². The van der Waals surface area contributed by atoms with Crippen LogP contribution in [0.2, 0.25) is 0 Å². The third-order valence-electron chi connectivity index (χ3n) is 5.20. The number of nitrogens with one attached hydrogen (secondary N) is 3. The third-order valence-corrected chi connectivity index (χ3v) is 5.20. The van der Waals surface area contributed by atoms with Gasteiger partial charge in [0.25, 0.3) is 0 Å². The van der Waals surface area contributed by atoms with Gasteiger partial charge in [-0.2, -0.15) is 0 Å². The van der Waals surface area contributed by atoms with E-state index < -0.39 is 0 Å². The molecular formula is C21H29N7. The largest absolute Gasteiger partial charge is 0.354 e. The van der Waals surface area contributed by atoms with Crippen molar-refractivity contribution in [3.05, 3.63) is 47.8 Å². The maximum Gasteiger partial charge on any atom is 0.156 e. The molecule has 2 aliphatic rings. The zero-order valence-electron chi connectivity index (χ0n) is 16.6. The number of likely N-dealkylation sites (N-methyl/N-ethyl adjacent to an activating group) is 1. The van der Waals surface area contributed by atoms with Crippen LogP contribution in [0.3, 0.4) is 0 Å². The summed E-state index contributed by atoms with van der Waals surface area (Å²) >= 11 is 0. The van der Waals surface area contributed by atoms with Crippen molar-refractivity contribution in [3.63, 3.8) is 0 Å². The van der Waals surface area contributed by atoms with Gasteiger partial charge in [-0.15, -0.1) is 0 Å². The minimum absolute atomic E-state index is 0.163. The van der Waals surface area contributed by atoms with Gasteiger partial charge in [0, 0.05) is 38.3 Å². The quantitative estimate of drug-likeness (QED) is 0.734. The molecule has 0 bridgehead atoms. The van der Waals surface area contributed by atoms with Gasteiger partial charge in [-0.1, -0.05) is 36.4 Å². The molecule has 2 aliphatic heterocycles. The van der Waals surface area contributed by atoms with Crippen molar-refractivity contribution in [2.75, 3.05) is 43.4 Å². The first-order chi connectivity index (χ1) is 13.7. The Bertz CT molecular complexity index is 800. The summed E-state index contributed by atoms with van der Waals surface area (Å²) in [6.45, 7) is 6.23. The van der Waals surface area contributed by atoms with Crippen molar-refractivity contribution < 1.29 is 0 Å². The van der Waals surface area contributed by atoms with Crippen molar-refractivity contribution in [2.45, 2.75) is 25.6 Å². The van der Waals surface area contributed by atoms with Crippen LogP contribution in [0.1, 0.15) is 24.7 Å². The molecule has 2 fully saturated rings. The Morgan fingerprint density at radius 2 is 1.82 bits per heavy atom. The molecule has 4 rings (SSSR count). The lowest BCUT2D eigenvalue weighted by Crippen LogP contribution is -2.45. The summed E-state index contributed by atoms with van der Waals surface area (Å²) in [6, 6.07) is 12.8. The van der Waals surface area contributed by atoms with Gasteiger partial charge in [-0.05, 0) is 32.0 Å². The smallest absolute Gasteiger partial charge is 0.156 e. The molecule has 0 aliphatic carbocycles. The second kappa shape index (κ2) is 8.68. The Morgan fingerprint density at radius 1 is 1.04 bits per heavy atom. The summed E-state index contributed by atoms with van der Waals surface area (Å²) < 4.78 is 0. The molecule has 2 aromatic rings. The van der Waals surface area contributed by atoms with Crippen LogP contribution >= 0.6 is 0 Å². The predicted molar refractivity (Wildman–Crippen MR) is 115 cm³/mol. The van der Waals surface area contributed by atoms with Gasteiger partial charge in [0.1, 0.15) is 11.6 Å². The highest BCUT2D eigenvalue weighted by molar-refractivity contribution is 5.68. The van der Waals surface area contributed by atoms with E-state index in [2.05, 4.69) is 64.2 Å². The molecule has 3 N–H and O–H groups in total. The van der Waals surface area contributed by atoms with Gasteiger partial charge >= 0.3 is 0 Å². The number of hydrazine groups is 1. The number of benzene rings is 1. The SMILES string of the molecule is CC1CC(Nc2cc(N3CCN(C)CC3)nc(C=Cc3ccccc3)n2)NN1. The van der Waals surface area contributed by atoms with E-state index in [9.17, 15) is 0 Å². The van der Waals surface area contributed by atoms with Gasteiger partial charge < -0.3 is 15.1 Å². The molecule has 0 radical (unpaired) electrons. The molecule has 0 spiro atoms. The molecule has 148 valence electrons. The number of anilines is 2. The van der Waals surface area contributed by atoms with Gasteiger partial charge in [0.05, 0.1) is 6.17 Å². The van der Waals surface area contributed by atoms with E-state index >= 15 is 0 Å². The average Bonchev–Trinajstić information content (AvgIpc) is 3.12. The second-order valence-electron chi connectivity index (χ2n) is 7.63. The van der Waals surface area contributed by atoms with Crippen molar-refractivity contribution in [3.8, 4) is 0 Å². The number of piperazine rings is 1. The van der Waals surface area contributed by atoms with E-state index in [4.69, 9.17) is 9.97 Å². The Morgan fingerprint density at radius 3 is 2.54 bits per heavy atom. The summed E-state index contributed by atoms with van der Waals surface area (Å²) in [5.74, 6) is 2.56. The summed E-state index contributed by atoms with van der Waals surface area (Å²) in [5, 5.41) is 3.50. The fraction of sp³-hybridized carbons (Fsp3) is 0.429. The maximum absolute atomic E-state index is 4.82. The second-order valence-corrected chi connectivity index (χ2v) is 7.63. The first-order valence-corrected chi connectivity index (χ1v) is 9.99. The molecule has 0 saturated carbocycles. The molecule has 1 aromatic heterocycles. The molecule has 1 aromatic carbocycles. The molecule has 3 heterocycles. The number of rotatable bonds is 5. The topological polar surface area (TPSA) is 68.3 Å². The van der Waals surface area contributed by atoms with Crippen LogP contribution in [0.4, 0.5) is 11.6 Å². The summed E-state index contributed by atoms with van der Waals surface area (Å²) in [6.07, 6.45) is 5.22. The highest BCUT2D eigenvalue weighted by atomic mass is 15.5. The van der Waals surface area contributed by atoms with E-state index in [1.165, 1.54) is 0 Å². The lowest BCUT2D eigenvalue weighted by molar-refractivity contribution is 0.312. The molecule has 28 heavy (non-hydrogen) atoms. The van der Waals surface area contributed by atoms with Crippen LogP contribution < -0.4 is 21.1 Å². The van der Waals surface area contributed by atoms with E-state index in [0.717, 1.165) is 55.6 Å². The molecule has 7 heteroatoms. The van der Waals surface area contributed by atoms with Crippen LogP contribution in [-0.4, -0.2) is 60.3 Å². The monoisotopic (exact) mass is 379 g/mol. The summed E-state index contributed by atoms with van der Waals surface area (Å²) in [7, 11) is 2.16. The van der Waals surface area contributed by atoms with Crippen molar-refractivity contribution >= 4 is 23.8 Å². The summed E-state index contributed by atoms with van der Waals surface area (Å²) in [5.41, 5.74) is 7.67.